The van der Waals surface area contributed by atoms with Crippen LogP contribution in [0, 0.1) is 0 Å². The number of aromatic nitrogens is 3. The zero-order chi connectivity index (χ0) is 24.2. The Labute approximate surface area is 200 Å². The van der Waals surface area contributed by atoms with Crippen LogP contribution in [0.3, 0.4) is 0 Å². The lowest BCUT2D eigenvalue weighted by atomic mass is 9.93. The molecule has 35 heavy (non-hydrogen) atoms. The molecule has 2 aromatic carbocycles. The van der Waals surface area contributed by atoms with Crippen LogP contribution in [-0.2, 0) is 29.1 Å². The smallest absolute Gasteiger partial charge is 0.329 e. The van der Waals surface area contributed by atoms with Crippen molar-refractivity contribution in [1.29, 1.82) is 0 Å². The van der Waals surface area contributed by atoms with Crippen molar-refractivity contribution in [3.05, 3.63) is 95.7 Å². The molecular weight excluding hydrogens is 448 g/mol. The lowest BCUT2D eigenvalue weighted by molar-refractivity contribution is -0.151. The van der Waals surface area contributed by atoms with E-state index in [2.05, 4.69) is 20.3 Å². The third-order valence-corrected chi connectivity index (χ3v) is 5.59. The Balaban J connectivity index is 1.33. The molecule has 0 radical (unpaired) electrons. The van der Waals surface area contributed by atoms with Crippen molar-refractivity contribution in [2.75, 3.05) is 11.1 Å². The van der Waals surface area contributed by atoms with Gasteiger partial charge in [0.15, 0.2) is 18.2 Å². The Morgan fingerprint density at radius 1 is 1.00 bits per heavy atom. The number of nitrogens with zero attached hydrogens (tertiary/aromatic N) is 4. The van der Waals surface area contributed by atoms with Gasteiger partial charge in [0, 0.05) is 18.7 Å². The zero-order valence-electron chi connectivity index (χ0n) is 18.6. The van der Waals surface area contributed by atoms with Gasteiger partial charge in [-0.3, -0.25) is 4.79 Å². The minimum atomic E-state index is -0.830. The molecule has 0 fully saturated rings. The van der Waals surface area contributed by atoms with E-state index in [0.717, 1.165) is 16.8 Å². The molecule has 0 saturated heterocycles. The van der Waals surface area contributed by atoms with Gasteiger partial charge in [0.05, 0.1) is 6.26 Å². The topological polar surface area (TPSA) is 136 Å². The summed E-state index contributed by atoms with van der Waals surface area (Å²) in [6.07, 6.45) is 1.74. The Bertz CT molecular complexity index is 1340. The van der Waals surface area contributed by atoms with Crippen molar-refractivity contribution in [3.63, 3.8) is 0 Å². The van der Waals surface area contributed by atoms with Crippen LogP contribution in [0.15, 0.2) is 77.4 Å². The van der Waals surface area contributed by atoms with Crippen LogP contribution in [0.5, 0.6) is 0 Å². The molecule has 10 nitrogen and oxygen atoms in total. The van der Waals surface area contributed by atoms with Gasteiger partial charge in [-0.15, -0.1) is 0 Å². The number of benzene rings is 2. The average molecular weight is 470 g/mol. The number of fused-ring (bicyclic) bond motifs is 1. The average Bonchev–Trinajstić information content (AvgIpc) is 3.41. The summed E-state index contributed by atoms with van der Waals surface area (Å²) in [6.45, 7) is 0.0370. The first-order valence-electron chi connectivity index (χ1n) is 11.0. The van der Waals surface area contributed by atoms with E-state index in [4.69, 9.17) is 14.9 Å². The van der Waals surface area contributed by atoms with Crippen LogP contribution in [0.1, 0.15) is 27.5 Å². The molecule has 3 heterocycles. The highest BCUT2D eigenvalue weighted by Crippen LogP contribution is 2.26. The first kappa shape index (κ1) is 22.1. The molecule has 2 aromatic heterocycles. The fraction of sp³-hybridized carbons (Fsp3) is 0.160. The largest absolute Gasteiger partial charge is 0.459 e. The summed E-state index contributed by atoms with van der Waals surface area (Å²) < 4.78 is 10.8. The fourth-order valence-corrected chi connectivity index (χ4v) is 3.93. The molecule has 176 valence electrons. The van der Waals surface area contributed by atoms with Crippen LogP contribution in [-0.4, -0.2) is 37.8 Å². The van der Waals surface area contributed by atoms with E-state index < -0.39 is 12.0 Å². The number of hydrogen-bond acceptors (Lipinski definition) is 9. The molecule has 0 saturated carbocycles. The van der Waals surface area contributed by atoms with Crippen LogP contribution in [0.4, 0.5) is 17.6 Å². The first-order chi connectivity index (χ1) is 17.1. The maximum Gasteiger partial charge on any atom is 0.329 e. The number of rotatable bonds is 6. The maximum atomic E-state index is 13.2. The van der Waals surface area contributed by atoms with Crippen molar-refractivity contribution < 1.29 is 18.7 Å². The van der Waals surface area contributed by atoms with Gasteiger partial charge in [0.1, 0.15) is 6.04 Å². The minimum absolute atomic E-state index is 0.00861. The monoisotopic (exact) mass is 470 g/mol. The van der Waals surface area contributed by atoms with Crippen LogP contribution in [0.25, 0.3) is 0 Å². The van der Waals surface area contributed by atoms with Gasteiger partial charge in [-0.05, 0) is 35.4 Å². The van der Waals surface area contributed by atoms with E-state index in [9.17, 15) is 9.59 Å². The number of nitrogens with one attached hydrogen (secondary N) is 1. The van der Waals surface area contributed by atoms with Crippen molar-refractivity contribution in [2.24, 2.45) is 0 Å². The van der Waals surface area contributed by atoms with Gasteiger partial charge >= 0.3 is 5.97 Å². The summed E-state index contributed by atoms with van der Waals surface area (Å²) in [5.74, 6) is -0.392. The van der Waals surface area contributed by atoms with Crippen molar-refractivity contribution in [1.82, 2.24) is 19.9 Å². The molecule has 10 heteroatoms. The molecule has 1 aliphatic rings. The Hall–Kier alpha value is -4.73. The predicted molar refractivity (Wildman–Crippen MR) is 126 cm³/mol. The van der Waals surface area contributed by atoms with E-state index in [1.165, 1.54) is 11.2 Å². The molecule has 0 unspecified atom stereocenters. The number of furan rings is 1. The second-order valence-electron chi connectivity index (χ2n) is 7.93. The SMILES string of the molecule is Nc1nc(COC(=O)[C@@H]2Cc3ccccc3CN2C(=O)c2ccco2)nc(Nc2ccccc2)n1. The second kappa shape index (κ2) is 9.64. The highest BCUT2D eigenvalue weighted by atomic mass is 16.5. The highest BCUT2D eigenvalue weighted by Gasteiger charge is 2.37. The number of hydrogen-bond donors (Lipinski definition) is 2. The first-order valence-corrected chi connectivity index (χ1v) is 11.0. The summed E-state index contributed by atoms with van der Waals surface area (Å²) in [7, 11) is 0. The number of esters is 1. The van der Waals surface area contributed by atoms with E-state index in [-0.39, 0.29) is 42.5 Å². The standard InChI is InChI=1S/C25H22N6O4/c26-24-28-21(29-25(30-24)27-18-9-2-1-3-10-18)15-35-23(33)19-13-16-7-4-5-8-17(16)14-31(19)22(32)20-11-6-12-34-20/h1-12,19H,13-15H2,(H3,26,27,28,29,30)/t19-/m0/s1. The number of para-hydroxylation sites is 1. The normalized spacial score (nSPS) is 14.7. The van der Waals surface area contributed by atoms with Crippen molar-refractivity contribution in [3.8, 4) is 0 Å². The molecule has 3 N–H and O–H groups in total. The number of nitrogen functional groups attached to an aromatic ring is 1. The molecular formula is C25H22N6O4. The minimum Gasteiger partial charge on any atom is -0.459 e. The zero-order valence-corrected chi connectivity index (χ0v) is 18.6. The molecule has 5 rings (SSSR count). The Morgan fingerprint density at radius 3 is 2.54 bits per heavy atom. The van der Waals surface area contributed by atoms with E-state index >= 15 is 0 Å². The Kier molecular flexibility index (Phi) is 6.08. The van der Waals surface area contributed by atoms with Crippen LogP contribution < -0.4 is 11.1 Å². The number of amides is 1. The molecule has 1 aliphatic heterocycles. The van der Waals surface area contributed by atoms with Crippen LogP contribution in [0.2, 0.25) is 0 Å². The van der Waals surface area contributed by atoms with Gasteiger partial charge < -0.3 is 25.1 Å². The van der Waals surface area contributed by atoms with Gasteiger partial charge in [-0.25, -0.2) is 4.79 Å². The second-order valence-corrected chi connectivity index (χ2v) is 7.93. The third-order valence-electron chi connectivity index (χ3n) is 5.59. The fourth-order valence-electron chi connectivity index (χ4n) is 3.93. The number of nitrogens with two attached hydrogens (primary N) is 1. The quantitative estimate of drug-likeness (QED) is 0.407. The molecule has 0 bridgehead atoms. The number of ether oxygens (including phenoxy) is 1. The van der Waals surface area contributed by atoms with Gasteiger partial charge in [-0.1, -0.05) is 42.5 Å². The molecule has 0 spiro atoms. The molecule has 0 aliphatic carbocycles. The van der Waals surface area contributed by atoms with Gasteiger partial charge in [0.2, 0.25) is 11.9 Å². The van der Waals surface area contributed by atoms with Crippen molar-refractivity contribution in [2.45, 2.75) is 25.6 Å². The predicted octanol–water partition coefficient (Wildman–Crippen LogP) is 3.10. The molecule has 1 atom stereocenters. The Morgan fingerprint density at radius 2 is 1.77 bits per heavy atom. The maximum absolute atomic E-state index is 13.2. The van der Waals surface area contributed by atoms with Gasteiger partial charge in [-0.2, -0.15) is 15.0 Å². The van der Waals surface area contributed by atoms with E-state index in [1.54, 1.807) is 12.1 Å². The summed E-state index contributed by atoms with van der Waals surface area (Å²) in [4.78, 5) is 40.1. The summed E-state index contributed by atoms with van der Waals surface area (Å²) in [5, 5.41) is 3.04. The summed E-state index contributed by atoms with van der Waals surface area (Å²) in [5.41, 5.74) is 8.55. The number of anilines is 3. The summed E-state index contributed by atoms with van der Waals surface area (Å²) >= 11 is 0. The lowest BCUT2D eigenvalue weighted by Gasteiger charge is -2.34. The highest BCUT2D eigenvalue weighted by molar-refractivity contribution is 5.95. The van der Waals surface area contributed by atoms with Gasteiger partial charge in [0.25, 0.3) is 5.91 Å². The van der Waals surface area contributed by atoms with E-state index in [1.807, 2.05) is 54.6 Å². The van der Waals surface area contributed by atoms with E-state index in [0.29, 0.717) is 6.42 Å². The number of carbonyl (C=O) groups is 2. The third kappa shape index (κ3) is 4.96. The summed E-state index contributed by atoms with van der Waals surface area (Å²) in [6, 6.07) is 19.4. The number of carbonyl (C=O) groups excluding carboxylic acids is 2. The van der Waals surface area contributed by atoms with Crippen molar-refractivity contribution >= 4 is 29.5 Å². The lowest BCUT2D eigenvalue weighted by Crippen LogP contribution is -2.49. The molecule has 4 aromatic rings. The van der Waals surface area contributed by atoms with Crippen LogP contribution >= 0.6 is 0 Å². The molecule has 1 amide bonds.